The lowest BCUT2D eigenvalue weighted by molar-refractivity contribution is -0.128. The van der Waals surface area contributed by atoms with Crippen molar-refractivity contribution < 1.29 is 9.59 Å². The first-order chi connectivity index (χ1) is 12.0. The molecular formula is C21H24N2O2. The molecule has 1 fully saturated rings. The fraction of sp³-hybridized carbons (Fsp3) is 0.333. The minimum Gasteiger partial charge on any atom is -0.338 e. The lowest BCUT2D eigenvalue weighted by atomic mass is 10.1. The number of amides is 2. The van der Waals surface area contributed by atoms with Crippen LogP contribution in [0, 0.1) is 12.8 Å². The molecule has 1 unspecified atom stereocenters. The van der Waals surface area contributed by atoms with E-state index in [0.29, 0.717) is 13.1 Å². The van der Waals surface area contributed by atoms with Gasteiger partial charge in [-0.15, -0.1) is 0 Å². The van der Waals surface area contributed by atoms with E-state index < -0.39 is 0 Å². The lowest BCUT2D eigenvalue weighted by Crippen LogP contribution is -2.28. The monoisotopic (exact) mass is 336 g/mol. The molecule has 1 heterocycles. The number of nitrogens with zero attached hydrogens (tertiary/aromatic N) is 1. The summed E-state index contributed by atoms with van der Waals surface area (Å²) < 4.78 is 0. The number of hydrogen-bond donors (Lipinski definition) is 1. The normalized spacial score (nSPS) is 17.0. The molecule has 1 aliphatic heterocycles. The maximum Gasteiger partial charge on any atom is 0.229 e. The summed E-state index contributed by atoms with van der Waals surface area (Å²) in [6, 6.07) is 16.0. The Morgan fingerprint density at radius 3 is 2.36 bits per heavy atom. The van der Waals surface area contributed by atoms with Crippen molar-refractivity contribution in [1.29, 1.82) is 0 Å². The summed E-state index contributed by atoms with van der Waals surface area (Å²) in [5.74, 6) is -0.324. The van der Waals surface area contributed by atoms with Crippen LogP contribution in [0.15, 0.2) is 48.5 Å². The van der Waals surface area contributed by atoms with Crippen LogP contribution in [0.25, 0.3) is 0 Å². The topological polar surface area (TPSA) is 49.4 Å². The van der Waals surface area contributed by atoms with Crippen molar-refractivity contribution in [3.63, 3.8) is 0 Å². The van der Waals surface area contributed by atoms with Crippen LogP contribution < -0.4 is 5.32 Å². The molecular weight excluding hydrogens is 312 g/mol. The molecule has 2 amide bonds. The molecule has 4 nitrogen and oxygen atoms in total. The van der Waals surface area contributed by atoms with Crippen molar-refractivity contribution in [2.45, 2.75) is 33.2 Å². The minimum atomic E-state index is -0.288. The van der Waals surface area contributed by atoms with Crippen molar-refractivity contribution in [1.82, 2.24) is 4.90 Å². The summed E-state index contributed by atoms with van der Waals surface area (Å²) in [7, 11) is 0. The van der Waals surface area contributed by atoms with Gasteiger partial charge >= 0.3 is 0 Å². The molecule has 0 saturated carbocycles. The number of aryl methyl sites for hydroxylation is 2. The van der Waals surface area contributed by atoms with Gasteiger partial charge < -0.3 is 10.2 Å². The first kappa shape index (κ1) is 17.2. The Balaban J connectivity index is 1.59. The molecule has 4 heteroatoms. The largest absolute Gasteiger partial charge is 0.338 e. The van der Waals surface area contributed by atoms with Crippen molar-refractivity contribution in [3.05, 3.63) is 65.2 Å². The van der Waals surface area contributed by atoms with Gasteiger partial charge in [-0.1, -0.05) is 48.9 Å². The van der Waals surface area contributed by atoms with Gasteiger partial charge in [-0.25, -0.2) is 0 Å². The number of rotatable bonds is 5. The van der Waals surface area contributed by atoms with Gasteiger partial charge in [0.1, 0.15) is 0 Å². The Kier molecular flexibility index (Phi) is 5.17. The summed E-state index contributed by atoms with van der Waals surface area (Å²) in [5.41, 5.74) is 4.31. The molecule has 0 spiro atoms. The fourth-order valence-corrected chi connectivity index (χ4v) is 3.08. The van der Waals surface area contributed by atoms with E-state index in [-0.39, 0.29) is 24.2 Å². The highest BCUT2D eigenvalue weighted by molar-refractivity contribution is 5.97. The summed E-state index contributed by atoms with van der Waals surface area (Å²) >= 11 is 0. The molecule has 0 aliphatic carbocycles. The Morgan fingerprint density at radius 1 is 1.08 bits per heavy atom. The van der Waals surface area contributed by atoms with E-state index in [1.807, 2.05) is 55.5 Å². The van der Waals surface area contributed by atoms with Crippen LogP contribution in [0.5, 0.6) is 0 Å². The number of likely N-dealkylation sites (tertiary alicyclic amines) is 1. The zero-order valence-corrected chi connectivity index (χ0v) is 14.8. The van der Waals surface area contributed by atoms with Gasteiger partial charge in [-0.05, 0) is 36.6 Å². The summed E-state index contributed by atoms with van der Waals surface area (Å²) in [5, 5.41) is 2.93. The smallest absolute Gasteiger partial charge is 0.229 e. The van der Waals surface area contributed by atoms with E-state index in [2.05, 4.69) is 12.2 Å². The van der Waals surface area contributed by atoms with E-state index in [1.165, 1.54) is 11.1 Å². The number of carbonyl (C=O) groups is 2. The molecule has 2 aromatic carbocycles. The van der Waals surface area contributed by atoms with E-state index in [0.717, 1.165) is 17.7 Å². The van der Waals surface area contributed by atoms with E-state index in [9.17, 15) is 9.59 Å². The van der Waals surface area contributed by atoms with Gasteiger partial charge in [0, 0.05) is 25.2 Å². The van der Waals surface area contributed by atoms with Crippen LogP contribution >= 0.6 is 0 Å². The van der Waals surface area contributed by atoms with Crippen LogP contribution in [0.2, 0.25) is 0 Å². The van der Waals surface area contributed by atoms with Crippen molar-refractivity contribution in [2.24, 2.45) is 5.92 Å². The summed E-state index contributed by atoms with van der Waals surface area (Å²) in [6.07, 6.45) is 1.25. The van der Waals surface area contributed by atoms with E-state index in [1.54, 1.807) is 4.90 Å². The second-order valence-corrected chi connectivity index (χ2v) is 6.70. The predicted molar refractivity (Wildman–Crippen MR) is 99.2 cm³/mol. The highest BCUT2D eigenvalue weighted by Gasteiger charge is 2.34. The Hall–Kier alpha value is -2.62. The van der Waals surface area contributed by atoms with E-state index >= 15 is 0 Å². The van der Waals surface area contributed by atoms with E-state index in [4.69, 9.17) is 0 Å². The number of nitrogens with one attached hydrogen (secondary N) is 1. The highest BCUT2D eigenvalue weighted by atomic mass is 16.2. The van der Waals surface area contributed by atoms with Crippen LogP contribution in [-0.4, -0.2) is 23.3 Å². The number of carbonyl (C=O) groups excluding carboxylic acids is 2. The molecule has 1 saturated heterocycles. The average Bonchev–Trinajstić information content (AvgIpc) is 2.98. The number of hydrogen-bond acceptors (Lipinski definition) is 2. The minimum absolute atomic E-state index is 0.0436. The van der Waals surface area contributed by atoms with Crippen LogP contribution in [-0.2, 0) is 22.6 Å². The molecule has 0 radical (unpaired) electrons. The molecule has 2 aromatic rings. The predicted octanol–water partition coefficient (Wildman–Crippen LogP) is 3.54. The zero-order chi connectivity index (χ0) is 17.8. The van der Waals surface area contributed by atoms with Crippen LogP contribution in [0.4, 0.5) is 5.69 Å². The Labute approximate surface area is 148 Å². The first-order valence-electron chi connectivity index (χ1n) is 8.78. The van der Waals surface area contributed by atoms with Gasteiger partial charge in [0.2, 0.25) is 11.8 Å². The number of benzene rings is 2. The van der Waals surface area contributed by atoms with Crippen molar-refractivity contribution in [3.8, 4) is 0 Å². The van der Waals surface area contributed by atoms with Crippen molar-refractivity contribution >= 4 is 17.5 Å². The Morgan fingerprint density at radius 2 is 1.72 bits per heavy atom. The third kappa shape index (κ3) is 4.27. The maximum atomic E-state index is 12.5. The number of anilines is 1. The first-order valence-corrected chi connectivity index (χ1v) is 8.78. The molecule has 25 heavy (non-hydrogen) atoms. The Bertz CT molecular complexity index is 750. The molecule has 1 N–H and O–H groups in total. The summed E-state index contributed by atoms with van der Waals surface area (Å²) in [6.45, 7) is 5.18. The standard InChI is InChI=1S/C21H24N2O2/c1-3-16-8-10-19(11-9-16)22-21(25)18-12-20(24)23(14-18)13-17-6-4-15(2)5-7-17/h4-11,18H,3,12-14H2,1-2H3,(H,22,25). The molecule has 3 rings (SSSR count). The van der Waals surface area contributed by atoms with Gasteiger partial charge in [-0.3, -0.25) is 9.59 Å². The third-order valence-electron chi connectivity index (χ3n) is 4.71. The average molecular weight is 336 g/mol. The second-order valence-electron chi connectivity index (χ2n) is 6.70. The van der Waals surface area contributed by atoms with Crippen LogP contribution in [0.3, 0.4) is 0 Å². The quantitative estimate of drug-likeness (QED) is 0.908. The molecule has 0 aromatic heterocycles. The van der Waals surface area contributed by atoms with Gasteiger partial charge in [0.25, 0.3) is 0 Å². The van der Waals surface area contributed by atoms with Crippen LogP contribution in [0.1, 0.15) is 30.0 Å². The molecule has 1 atom stereocenters. The van der Waals surface area contributed by atoms with Crippen molar-refractivity contribution in [2.75, 3.05) is 11.9 Å². The second kappa shape index (κ2) is 7.51. The molecule has 130 valence electrons. The third-order valence-corrected chi connectivity index (χ3v) is 4.71. The SMILES string of the molecule is CCc1ccc(NC(=O)C2CC(=O)N(Cc3ccc(C)cc3)C2)cc1. The van der Waals surface area contributed by atoms with Gasteiger partial charge in [-0.2, -0.15) is 0 Å². The zero-order valence-electron chi connectivity index (χ0n) is 14.8. The van der Waals surface area contributed by atoms with Gasteiger partial charge in [0.05, 0.1) is 5.92 Å². The maximum absolute atomic E-state index is 12.5. The summed E-state index contributed by atoms with van der Waals surface area (Å²) in [4.78, 5) is 26.5. The van der Waals surface area contributed by atoms with Gasteiger partial charge in [0.15, 0.2) is 0 Å². The highest BCUT2D eigenvalue weighted by Crippen LogP contribution is 2.22. The lowest BCUT2D eigenvalue weighted by Gasteiger charge is -2.17. The molecule has 0 bridgehead atoms. The molecule has 1 aliphatic rings. The fourth-order valence-electron chi connectivity index (χ4n) is 3.08.